The van der Waals surface area contributed by atoms with Crippen molar-refractivity contribution in [1.82, 2.24) is 4.90 Å². The zero-order valence-electron chi connectivity index (χ0n) is 10.6. The van der Waals surface area contributed by atoms with E-state index in [2.05, 4.69) is 30.0 Å². The van der Waals surface area contributed by atoms with Crippen LogP contribution in [0.25, 0.3) is 0 Å². The summed E-state index contributed by atoms with van der Waals surface area (Å²) in [7, 11) is 0. The molecule has 92 valence electrons. The first-order chi connectivity index (χ1) is 8.24. The molecule has 0 spiro atoms. The van der Waals surface area contributed by atoms with E-state index in [9.17, 15) is 0 Å². The van der Waals surface area contributed by atoms with E-state index in [1.165, 1.54) is 31.2 Å². The molecule has 0 heterocycles. The molecule has 0 amide bonds. The summed E-state index contributed by atoms with van der Waals surface area (Å²) in [5.74, 6) is 0.955. The Labute approximate surface area is 104 Å². The average molecular weight is 230 g/mol. The minimum Gasteiger partial charge on any atom is -0.399 e. The second-order valence-corrected chi connectivity index (χ2v) is 5.73. The van der Waals surface area contributed by atoms with Gasteiger partial charge in [-0.1, -0.05) is 12.1 Å². The number of hydrogen-bond donors (Lipinski definition) is 1. The van der Waals surface area contributed by atoms with Crippen molar-refractivity contribution >= 4 is 5.69 Å². The summed E-state index contributed by atoms with van der Waals surface area (Å²) in [6, 6.07) is 9.95. The van der Waals surface area contributed by atoms with Gasteiger partial charge in [0.15, 0.2) is 0 Å². The van der Waals surface area contributed by atoms with Crippen LogP contribution in [0.3, 0.4) is 0 Å². The Balaban J connectivity index is 1.71. The van der Waals surface area contributed by atoms with Gasteiger partial charge in [-0.15, -0.1) is 0 Å². The molecule has 0 aliphatic heterocycles. The van der Waals surface area contributed by atoms with Gasteiger partial charge in [-0.05, 0) is 56.2 Å². The first-order valence-corrected chi connectivity index (χ1v) is 6.84. The van der Waals surface area contributed by atoms with Crippen molar-refractivity contribution < 1.29 is 0 Å². The Bertz CT molecular complexity index is 394. The van der Waals surface area contributed by atoms with Crippen LogP contribution in [-0.2, 0) is 6.54 Å². The molecule has 1 atom stereocenters. The van der Waals surface area contributed by atoms with Crippen molar-refractivity contribution in [2.24, 2.45) is 5.92 Å². The Hall–Kier alpha value is -1.02. The highest BCUT2D eigenvalue weighted by atomic mass is 15.2. The lowest BCUT2D eigenvalue weighted by atomic mass is 10.1. The van der Waals surface area contributed by atoms with Crippen LogP contribution in [-0.4, -0.2) is 17.0 Å². The topological polar surface area (TPSA) is 29.3 Å². The standard InChI is InChI=1S/C15H22N2/c1-11(13-5-6-13)17(15-7-8-15)10-12-3-2-4-14(16)9-12/h2-4,9,11,13,15H,5-8,10,16H2,1H3. The van der Waals surface area contributed by atoms with E-state index in [4.69, 9.17) is 5.73 Å². The van der Waals surface area contributed by atoms with E-state index >= 15 is 0 Å². The molecule has 2 nitrogen and oxygen atoms in total. The lowest BCUT2D eigenvalue weighted by Gasteiger charge is -2.29. The summed E-state index contributed by atoms with van der Waals surface area (Å²) in [4.78, 5) is 2.70. The van der Waals surface area contributed by atoms with Crippen LogP contribution in [0.15, 0.2) is 24.3 Å². The third kappa shape index (κ3) is 2.63. The van der Waals surface area contributed by atoms with E-state index in [-0.39, 0.29) is 0 Å². The summed E-state index contributed by atoms with van der Waals surface area (Å²) < 4.78 is 0. The SMILES string of the molecule is CC(C1CC1)N(Cc1cccc(N)c1)C1CC1. The van der Waals surface area contributed by atoms with Crippen molar-refractivity contribution in [2.75, 3.05) is 5.73 Å². The molecule has 0 aromatic heterocycles. The van der Waals surface area contributed by atoms with Crippen molar-refractivity contribution in [2.45, 2.75) is 51.2 Å². The monoisotopic (exact) mass is 230 g/mol. The number of rotatable bonds is 5. The Morgan fingerprint density at radius 2 is 2.06 bits per heavy atom. The lowest BCUT2D eigenvalue weighted by molar-refractivity contribution is 0.171. The van der Waals surface area contributed by atoms with Crippen LogP contribution in [0, 0.1) is 5.92 Å². The number of benzene rings is 1. The smallest absolute Gasteiger partial charge is 0.0317 e. The van der Waals surface area contributed by atoms with Crippen molar-refractivity contribution in [3.05, 3.63) is 29.8 Å². The highest BCUT2D eigenvalue weighted by molar-refractivity contribution is 5.40. The summed E-state index contributed by atoms with van der Waals surface area (Å²) in [5.41, 5.74) is 8.11. The number of nitrogens with zero attached hydrogens (tertiary/aromatic N) is 1. The maximum atomic E-state index is 5.86. The molecule has 2 N–H and O–H groups in total. The first-order valence-electron chi connectivity index (χ1n) is 6.84. The molecule has 0 saturated heterocycles. The average Bonchev–Trinajstić information content (AvgIpc) is 3.18. The molecule has 0 radical (unpaired) electrons. The molecular weight excluding hydrogens is 208 g/mol. The van der Waals surface area contributed by atoms with E-state index in [0.29, 0.717) is 0 Å². The molecule has 1 aromatic rings. The van der Waals surface area contributed by atoms with Crippen molar-refractivity contribution in [3.8, 4) is 0 Å². The molecule has 2 aliphatic carbocycles. The highest BCUT2D eigenvalue weighted by Crippen LogP contribution is 2.40. The van der Waals surface area contributed by atoms with Gasteiger partial charge >= 0.3 is 0 Å². The fourth-order valence-electron chi connectivity index (χ4n) is 2.76. The first kappa shape index (κ1) is 11.1. The third-order valence-corrected chi connectivity index (χ3v) is 4.16. The quantitative estimate of drug-likeness (QED) is 0.788. The molecule has 2 fully saturated rings. The highest BCUT2D eigenvalue weighted by Gasteiger charge is 2.38. The molecule has 0 bridgehead atoms. The molecule has 1 unspecified atom stereocenters. The lowest BCUT2D eigenvalue weighted by Crippen LogP contribution is -2.36. The van der Waals surface area contributed by atoms with Crippen LogP contribution in [0.4, 0.5) is 5.69 Å². The summed E-state index contributed by atoms with van der Waals surface area (Å²) in [5, 5.41) is 0. The summed E-state index contributed by atoms with van der Waals surface area (Å²) in [6.45, 7) is 3.48. The van der Waals surface area contributed by atoms with Gasteiger partial charge in [0.25, 0.3) is 0 Å². The summed E-state index contributed by atoms with van der Waals surface area (Å²) in [6.07, 6.45) is 5.64. The van der Waals surface area contributed by atoms with Gasteiger partial charge < -0.3 is 5.73 Å². The Kier molecular flexibility index (Phi) is 2.83. The third-order valence-electron chi connectivity index (χ3n) is 4.16. The largest absolute Gasteiger partial charge is 0.399 e. The number of hydrogen-bond acceptors (Lipinski definition) is 2. The molecule has 2 heteroatoms. The zero-order chi connectivity index (χ0) is 11.8. The number of nitrogen functional groups attached to an aromatic ring is 1. The fourth-order valence-corrected chi connectivity index (χ4v) is 2.76. The number of anilines is 1. The van der Waals surface area contributed by atoms with E-state index in [1.54, 1.807) is 0 Å². The van der Waals surface area contributed by atoms with E-state index in [1.807, 2.05) is 6.07 Å². The minimum atomic E-state index is 0.754. The fraction of sp³-hybridized carbons (Fsp3) is 0.600. The van der Waals surface area contributed by atoms with Crippen LogP contribution < -0.4 is 5.73 Å². The summed E-state index contributed by atoms with van der Waals surface area (Å²) >= 11 is 0. The second-order valence-electron chi connectivity index (χ2n) is 5.73. The predicted octanol–water partition coefficient (Wildman–Crippen LogP) is 3.03. The van der Waals surface area contributed by atoms with Gasteiger partial charge in [-0.25, -0.2) is 0 Å². The van der Waals surface area contributed by atoms with Gasteiger partial charge in [0.05, 0.1) is 0 Å². The van der Waals surface area contributed by atoms with Gasteiger partial charge in [0.1, 0.15) is 0 Å². The van der Waals surface area contributed by atoms with Gasteiger partial charge in [-0.2, -0.15) is 0 Å². The van der Waals surface area contributed by atoms with Crippen LogP contribution >= 0.6 is 0 Å². The van der Waals surface area contributed by atoms with Crippen LogP contribution in [0.1, 0.15) is 38.2 Å². The second kappa shape index (κ2) is 4.34. The van der Waals surface area contributed by atoms with E-state index < -0.39 is 0 Å². The molecular formula is C15H22N2. The maximum Gasteiger partial charge on any atom is 0.0317 e. The maximum absolute atomic E-state index is 5.86. The van der Waals surface area contributed by atoms with Crippen molar-refractivity contribution in [3.63, 3.8) is 0 Å². The Morgan fingerprint density at radius 3 is 2.65 bits per heavy atom. The van der Waals surface area contributed by atoms with Crippen molar-refractivity contribution in [1.29, 1.82) is 0 Å². The zero-order valence-corrected chi connectivity index (χ0v) is 10.6. The van der Waals surface area contributed by atoms with E-state index in [0.717, 1.165) is 30.2 Å². The van der Waals surface area contributed by atoms with Gasteiger partial charge in [0, 0.05) is 24.3 Å². The molecule has 2 aliphatic rings. The minimum absolute atomic E-state index is 0.754. The van der Waals surface area contributed by atoms with Gasteiger partial charge in [-0.3, -0.25) is 4.90 Å². The predicted molar refractivity (Wildman–Crippen MR) is 71.6 cm³/mol. The molecule has 2 saturated carbocycles. The Morgan fingerprint density at radius 1 is 1.29 bits per heavy atom. The molecule has 3 rings (SSSR count). The number of nitrogens with two attached hydrogens (primary N) is 1. The normalized spacial score (nSPS) is 21.8. The molecule has 17 heavy (non-hydrogen) atoms. The van der Waals surface area contributed by atoms with Gasteiger partial charge in [0.2, 0.25) is 0 Å². The molecule has 1 aromatic carbocycles. The van der Waals surface area contributed by atoms with Crippen LogP contribution in [0.5, 0.6) is 0 Å². The van der Waals surface area contributed by atoms with Crippen LogP contribution in [0.2, 0.25) is 0 Å².